The third kappa shape index (κ3) is 3.16. The minimum Gasteiger partial charge on any atom is -0.396 e. The molecule has 0 fully saturated rings. The molecule has 1 aromatic heterocycles. The maximum absolute atomic E-state index is 9.73. The van der Waals surface area contributed by atoms with Gasteiger partial charge in [0, 0.05) is 32.5 Å². The average molecular weight is 226 g/mol. The molecule has 5 heteroatoms. The van der Waals surface area contributed by atoms with Crippen molar-refractivity contribution in [3.63, 3.8) is 0 Å². The van der Waals surface area contributed by atoms with Gasteiger partial charge in [0.15, 0.2) is 0 Å². The van der Waals surface area contributed by atoms with Crippen LogP contribution in [-0.2, 0) is 0 Å². The van der Waals surface area contributed by atoms with Crippen LogP contribution in [0.2, 0.25) is 0 Å². The number of aromatic nitrogens is 1. The predicted molar refractivity (Wildman–Crippen MR) is 61.2 cm³/mol. The average Bonchev–Trinajstić information content (AvgIpc) is 2.28. The van der Waals surface area contributed by atoms with E-state index in [1.165, 1.54) is 6.20 Å². The highest BCUT2D eigenvalue weighted by molar-refractivity contribution is 5.37. The van der Waals surface area contributed by atoms with E-state index in [4.69, 9.17) is 5.11 Å². The van der Waals surface area contributed by atoms with Crippen molar-refractivity contribution in [2.24, 2.45) is 0 Å². The zero-order valence-corrected chi connectivity index (χ0v) is 9.54. The fraction of sp³-hybridized carbons (Fsp3) is 0.545. The van der Waals surface area contributed by atoms with Crippen LogP contribution in [0.1, 0.15) is 18.1 Å². The van der Waals surface area contributed by atoms with Crippen LogP contribution in [-0.4, -0.2) is 47.1 Å². The molecule has 0 aliphatic rings. The van der Waals surface area contributed by atoms with Gasteiger partial charge in [-0.3, -0.25) is 0 Å². The molecule has 90 valence electrons. The van der Waals surface area contributed by atoms with E-state index < -0.39 is 12.2 Å². The molecule has 0 amide bonds. The summed E-state index contributed by atoms with van der Waals surface area (Å²) in [4.78, 5) is 5.98. The minimum atomic E-state index is -1.00. The monoisotopic (exact) mass is 226 g/mol. The van der Waals surface area contributed by atoms with Gasteiger partial charge in [0.25, 0.3) is 0 Å². The van der Waals surface area contributed by atoms with E-state index in [1.54, 1.807) is 12.1 Å². The highest BCUT2D eigenvalue weighted by Crippen LogP contribution is 2.19. The summed E-state index contributed by atoms with van der Waals surface area (Å²) >= 11 is 0. The Morgan fingerprint density at radius 1 is 1.31 bits per heavy atom. The van der Waals surface area contributed by atoms with Crippen molar-refractivity contribution in [3.8, 4) is 0 Å². The fourth-order valence-electron chi connectivity index (χ4n) is 1.35. The van der Waals surface area contributed by atoms with Gasteiger partial charge in [-0.15, -0.1) is 0 Å². The molecule has 0 aromatic carbocycles. The van der Waals surface area contributed by atoms with Crippen LogP contribution in [0.4, 0.5) is 5.82 Å². The molecule has 1 aromatic rings. The molecule has 0 saturated carbocycles. The normalized spacial score (nSPS) is 14.6. The third-order valence-electron chi connectivity index (χ3n) is 2.36. The Labute approximate surface area is 95.0 Å². The number of anilines is 1. The summed E-state index contributed by atoms with van der Waals surface area (Å²) in [7, 11) is 3.75. The number of nitrogens with zero attached hydrogens (tertiary/aromatic N) is 2. The SMILES string of the molecule is CN(C)c1ccc(C(O)C(O)CCO)cn1. The first-order chi connectivity index (χ1) is 7.56. The van der Waals surface area contributed by atoms with Crippen LogP contribution in [0.25, 0.3) is 0 Å². The van der Waals surface area contributed by atoms with Gasteiger partial charge in [0.05, 0.1) is 6.10 Å². The Hall–Kier alpha value is -1.17. The van der Waals surface area contributed by atoms with E-state index in [9.17, 15) is 10.2 Å². The minimum absolute atomic E-state index is 0.149. The first-order valence-corrected chi connectivity index (χ1v) is 5.16. The number of aliphatic hydroxyl groups is 3. The lowest BCUT2D eigenvalue weighted by atomic mass is 10.0. The van der Waals surface area contributed by atoms with Crippen molar-refractivity contribution in [1.82, 2.24) is 4.98 Å². The van der Waals surface area contributed by atoms with E-state index >= 15 is 0 Å². The highest BCUT2D eigenvalue weighted by Gasteiger charge is 2.18. The van der Waals surface area contributed by atoms with Crippen LogP contribution in [0.3, 0.4) is 0 Å². The second-order valence-electron chi connectivity index (χ2n) is 3.87. The summed E-state index contributed by atoms with van der Waals surface area (Å²) in [6.45, 7) is -0.151. The van der Waals surface area contributed by atoms with Gasteiger partial charge < -0.3 is 20.2 Å². The van der Waals surface area contributed by atoms with E-state index in [0.717, 1.165) is 5.82 Å². The molecule has 0 saturated heterocycles. The molecule has 0 aliphatic heterocycles. The first kappa shape index (κ1) is 12.9. The van der Waals surface area contributed by atoms with Crippen LogP contribution in [0.5, 0.6) is 0 Å². The van der Waals surface area contributed by atoms with E-state index in [1.807, 2.05) is 19.0 Å². The van der Waals surface area contributed by atoms with Gasteiger partial charge in [0.1, 0.15) is 11.9 Å². The summed E-state index contributed by atoms with van der Waals surface area (Å²) in [5, 5.41) is 27.9. The molecule has 0 radical (unpaired) electrons. The Morgan fingerprint density at radius 3 is 2.44 bits per heavy atom. The smallest absolute Gasteiger partial charge is 0.127 e. The van der Waals surface area contributed by atoms with E-state index in [2.05, 4.69) is 4.98 Å². The molecule has 2 atom stereocenters. The largest absolute Gasteiger partial charge is 0.396 e. The second-order valence-corrected chi connectivity index (χ2v) is 3.87. The standard InChI is InChI=1S/C11H18N2O3/c1-13(2)10-4-3-8(7-12-10)11(16)9(15)5-6-14/h3-4,7,9,11,14-16H,5-6H2,1-2H3. The Bertz CT molecular complexity index is 314. The number of hydrogen-bond donors (Lipinski definition) is 3. The predicted octanol–water partition coefficient (Wildman–Crippen LogP) is -0.0757. The van der Waals surface area contributed by atoms with Crippen LogP contribution in [0.15, 0.2) is 18.3 Å². The van der Waals surface area contributed by atoms with Crippen molar-refractivity contribution in [1.29, 1.82) is 0 Å². The Kier molecular flexibility index (Phi) is 4.67. The van der Waals surface area contributed by atoms with Crippen LogP contribution < -0.4 is 4.90 Å². The lowest BCUT2D eigenvalue weighted by molar-refractivity contribution is 0.00405. The molecular formula is C11H18N2O3. The van der Waals surface area contributed by atoms with E-state index in [0.29, 0.717) is 5.56 Å². The quantitative estimate of drug-likeness (QED) is 0.655. The lowest BCUT2D eigenvalue weighted by Crippen LogP contribution is -2.20. The van der Waals surface area contributed by atoms with E-state index in [-0.39, 0.29) is 13.0 Å². The van der Waals surface area contributed by atoms with Gasteiger partial charge in [-0.05, 0) is 12.5 Å². The maximum atomic E-state index is 9.73. The first-order valence-electron chi connectivity index (χ1n) is 5.16. The number of pyridine rings is 1. The summed E-state index contributed by atoms with van der Waals surface area (Å²) < 4.78 is 0. The number of aliphatic hydroxyl groups excluding tert-OH is 3. The van der Waals surface area contributed by atoms with Gasteiger partial charge in [-0.1, -0.05) is 6.07 Å². The van der Waals surface area contributed by atoms with Crippen molar-refractivity contribution < 1.29 is 15.3 Å². The van der Waals surface area contributed by atoms with Crippen molar-refractivity contribution >= 4 is 5.82 Å². The van der Waals surface area contributed by atoms with Gasteiger partial charge in [0.2, 0.25) is 0 Å². The fourth-order valence-corrected chi connectivity index (χ4v) is 1.35. The molecule has 0 spiro atoms. The second kappa shape index (κ2) is 5.79. The van der Waals surface area contributed by atoms with Gasteiger partial charge in [-0.25, -0.2) is 4.98 Å². The summed E-state index contributed by atoms with van der Waals surface area (Å²) in [6.07, 6.45) is -0.287. The topological polar surface area (TPSA) is 76.8 Å². The Morgan fingerprint density at radius 2 is 2.00 bits per heavy atom. The molecular weight excluding hydrogens is 208 g/mol. The molecule has 1 rings (SSSR count). The lowest BCUT2D eigenvalue weighted by Gasteiger charge is -2.18. The number of rotatable bonds is 5. The molecule has 16 heavy (non-hydrogen) atoms. The molecule has 0 aliphatic carbocycles. The van der Waals surface area contributed by atoms with Gasteiger partial charge in [-0.2, -0.15) is 0 Å². The van der Waals surface area contributed by atoms with Gasteiger partial charge >= 0.3 is 0 Å². The molecule has 5 nitrogen and oxygen atoms in total. The summed E-state index contributed by atoms with van der Waals surface area (Å²) in [5.74, 6) is 0.785. The summed E-state index contributed by atoms with van der Waals surface area (Å²) in [6, 6.07) is 3.48. The van der Waals surface area contributed by atoms with Crippen LogP contribution in [0, 0.1) is 0 Å². The molecule has 0 bridgehead atoms. The number of hydrogen-bond acceptors (Lipinski definition) is 5. The van der Waals surface area contributed by atoms with Crippen molar-refractivity contribution in [3.05, 3.63) is 23.9 Å². The summed E-state index contributed by atoms with van der Waals surface area (Å²) in [5.41, 5.74) is 0.548. The zero-order chi connectivity index (χ0) is 12.1. The van der Waals surface area contributed by atoms with Crippen molar-refractivity contribution in [2.75, 3.05) is 25.6 Å². The zero-order valence-electron chi connectivity index (χ0n) is 9.54. The maximum Gasteiger partial charge on any atom is 0.127 e. The van der Waals surface area contributed by atoms with Crippen LogP contribution >= 0.6 is 0 Å². The highest BCUT2D eigenvalue weighted by atomic mass is 16.3. The van der Waals surface area contributed by atoms with Crippen molar-refractivity contribution in [2.45, 2.75) is 18.6 Å². The third-order valence-corrected chi connectivity index (χ3v) is 2.36. The molecule has 3 N–H and O–H groups in total. The molecule has 1 heterocycles. The molecule has 2 unspecified atom stereocenters. The Balaban J connectivity index is 2.73.